The number of alkyl halides is 3. The third-order valence-electron chi connectivity index (χ3n) is 4.58. The number of sulfone groups is 1. The van der Waals surface area contributed by atoms with Crippen LogP contribution in [0.5, 0.6) is 11.6 Å². The van der Waals surface area contributed by atoms with E-state index in [1.807, 2.05) is 6.07 Å². The van der Waals surface area contributed by atoms with Gasteiger partial charge in [-0.3, -0.25) is 0 Å². The fourth-order valence-electron chi connectivity index (χ4n) is 3.33. The summed E-state index contributed by atoms with van der Waals surface area (Å²) in [4.78, 5) is 2.99. The van der Waals surface area contributed by atoms with Crippen molar-refractivity contribution < 1.29 is 35.8 Å². The summed E-state index contributed by atoms with van der Waals surface area (Å²) in [6, 6.07) is 6.78. The van der Waals surface area contributed by atoms with Crippen LogP contribution >= 0.6 is 0 Å². The molecule has 0 saturated carbocycles. The summed E-state index contributed by atoms with van der Waals surface area (Å²) < 4.78 is 80.5. The molecule has 150 valence electrons. The van der Waals surface area contributed by atoms with E-state index in [0.29, 0.717) is 0 Å². The summed E-state index contributed by atoms with van der Waals surface area (Å²) in [5.41, 5.74) is -5.50. The van der Waals surface area contributed by atoms with Gasteiger partial charge in [0.25, 0.3) is 15.6 Å². The van der Waals surface area contributed by atoms with Crippen molar-refractivity contribution in [2.24, 2.45) is 0 Å². The van der Waals surface area contributed by atoms with E-state index >= 15 is 0 Å². The normalized spacial score (nSPS) is 16.8. The lowest BCUT2D eigenvalue weighted by molar-refractivity contribution is -0.149. The number of pyridine rings is 1. The fourth-order valence-corrected chi connectivity index (χ4v) is 4.38. The molecule has 1 spiro atoms. The Bertz CT molecular complexity index is 1160. The molecule has 0 saturated heterocycles. The van der Waals surface area contributed by atoms with E-state index in [1.165, 1.54) is 18.3 Å². The first kappa shape index (κ1) is 19.1. The van der Waals surface area contributed by atoms with Crippen LogP contribution in [-0.2, 0) is 31.5 Å². The molecule has 1 aromatic heterocycles. The second-order valence-corrected chi connectivity index (χ2v) is 8.10. The molecule has 1 aliphatic heterocycles. The minimum absolute atomic E-state index is 0.0593. The molecule has 0 fully saturated rings. The number of rotatable bonds is 3. The van der Waals surface area contributed by atoms with Crippen molar-refractivity contribution >= 4 is 9.84 Å². The summed E-state index contributed by atoms with van der Waals surface area (Å²) in [6.45, 7) is 0. The molecule has 0 radical (unpaired) electrons. The predicted octanol–water partition coefficient (Wildman–Crippen LogP) is 3.66. The molecule has 0 bridgehead atoms. The van der Waals surface area contributed by atoms with Crippen molar-refractivity contribution in [3.05, 3.63) is 59.7 Å². The van der Waals surface area contributed by atoms with Crippen molar-refractivity contribution in [3.8, 4) is 17.7 Å². The molecular weight excluding hydrogens is 413 g/mol. The summed E-state index contributed by atoms with van der Waals surface area (Å²) in [7, 11) is -5.68. The maximum Gasteiger partial charge on any atom is 0.501 e. The molecule has 1 aliphatic carbocycles. The number of nitriles is 1. The van der Waals surface area contributed by atoms with E-state index in [9.17, 15) is 26.9 Å². The Morgan fingerprint density at radius 1 is 1.21 bits per heavy atom. The molecule has 11 heteroatoms. The molecule has 4 rings (SSSR count). The van der Waals surface area contributed by atoms with Crippen LogP contribution in [0.3, 0.4) is 0 Å². The highest BCUT2D eigenvalue weighted by Gasteiger charge is 2.55. The third kappa shape index (κ3) is 2.87. The molecular formula is C18H11F3N2O5S. The standard InChI is InChI=1S/C18H11F3N2O5S/c19-18(20,21)29(24,25)14-4-3-13(28-16-11(10-22)2-1-7-23-16)12-5-6-17(15(12)14)26-8-9-27-17/h1-4,7-9H,5-6H2. The second-order valence-electron chi connectivity index (χ2n) is 6.20. The number of nitrogens with zero attached hydrogens (tertiary/aromatic N) is 2. The number of halogens is 3. The van der Waals surface area contributed by atoms with Crippen molar-refractivity contribution in [2.75, 3.05) is 0 Å². The summed E-state index contributed by atoms with van der Waals surface area (Å²) in [6.07, 6.45) is 3.86. The predicted molar refractivity (Wildman–Crippen MR) is 90.0 cm³/mol. The van der Waals surface area contributed by atoms with Gasteiger partial charge in [0.15, 0.2) is 0 Å². The van der Waals surface area contributed by atoms with Gasteiger partial charge in [-0.25, -0.2) is 13.4 Å². The molecule has 0 atom stereocenters. The number of fused-ring (bicyclic) bond motifs is 2. The van der Waals surface area contributed by atoms with Gasteiger partial charge in [0.05, 0.1) is 10.5 Å². The van der Waals surface area contributed by atoms with Crippen molar-refractivity contribution in [1.29, 1.82) is 5.26 Å². The molecule has 0 amide bonds. The molecule has 0 N–H and O–H groups in total. The highest BCUT2D eigenvalue weighted by atomic mass is 32.2. The van der Waals surface area contributed by atoms with Gasteiger partial charge in [0.1, 0.15) is 29.9 Å². The van der Waals surface area contributed by atoms with Crippen LogP contribution in [-0.4, -0.2) is 18.9 Å². The Hall–Kier alpha value is -3.26. The first-order valence-electron chi connectivity index (χ1n) is 8.21. The van der Waals surface area contributed by atoms with Crippen LogP contribution in [0.25, 0.3) is 0 Å². The summed E-state index contributed by atoms with van der Waals surface area (Å²) >= 11 is 0. The fraction of sp³-hybridized carbons (Fsp3) is 0.222. The Morgan fingerprint density at radius 3 is 2.59 bits per heavy atom. The summed E-state index contributed by atoms with van der Waals surface area (Å²) in [5.74, 6) is -1.69. The SMILES string of the molecule is N#Cc1cccnc1Oc1ccc(S(=O)(=O)C(F)(F)F)c2c1CCC21OC=CO1. The average molecular weight is 424 g/mol. The number of aromatic nitrogens is 1. The van der Waals surface area contributed by atoms with Gasteiger partial charge in [-0.1, -0.05) is 0 Å². The molecule has 2 aliphatic rings. The van der Waals surface area contributed by atoms with Crippen molar-refractivity contribution in [2.45, 2.75) is 29.0 Å². The lowest BCUT2D eigenvalue weighted by Gasteiger charge is -2.26. The minimum atomic E-state index is -5.68. The smallest absolute Gasteiger partial charge is 0.453 e. The molecule has 0 unspecified atom stereocenters. The Labute approximate surface area is 162 Å². The molecule has 1 aromatic carbocycles. The zero-order valence-electron chi connectivity index (χ0n) is 14.4. The monoisotopic (exact) mass is 424 g/mol. The minimum Gasteiger partial charge on any atom is -0.453 e. The third-order valence-corrected chi connectivity index (χ3v) is 6.11. The largest absolute Gasteiger partial charge is 0.501 e. The Balaban J connectivity index is 1.90. The van der Waals surface area contributed by atoms with Crippen LogP contribution in [0.1, 0.15) is 23.1 Å². The van der Waals surface area contributed by atoms with Crippen LogP contribution in [0.15, 0.2) is 47.9 Å². The zero-order valence-corrected chi connectivity index (χ0v) is 15.2. The first-order chi connectivity index (χ1) is 13.7. The molecule has 7 nitrogen and oxygen atoms in total. The van der Waals surface area contributed by atoms with E-state index < -0.39 is 26.0 Å². The molecule has 29 heavy (non-hydrogen) atoms. The maximum atomic E-state index is 13.2. The van der Waals surface area contributed by atoms with Crippen LogP contribution in [0.2, 0.25) is 0 Å². The Morgan fingerprint density at radius 2 is 1.93 bits per heavy atom. The topological polar surface area (TPSA) is 98.5 Å². The number of hydrogen-bond acceptors (Lipinski definition) is 7. The van der Waals surface area contributed by atoms with Crippen molar-refractivity contribution in [1.82, 2.24) is 4.98 Å². The van der Waals surface area contributed by atoms with E-state index in [0.717, 1.165) is 24.7 Å². The second kappa shape index (κ2) is 6.38. The quantitative estimate of drug-likeness (QED) is 0.742. The van der Waals surface area contributed by atoms with Gasteiger partial charge in [0.2, 0.25) is 5.88 Å². The van der Waals surface area contributed by atoms with E-state index in [-0.39, 0.29) is 41.2 Å². The molecule has 2 aromatic rings. The van der Waals surface area contributed by atoms with Gasteiger partial charge < -0.3 is 14.2 Å². The van der Waals surface area contributed by atoms with Gasteiger partial charge in [-0.2, -0.15) is 18.4 Å². The lowest BCUT2D eigenvalue weighted by Crippen LogP contribution is -2.30. The number of benzene rings is 1. The molecule has 2 heterocycles. The first-order valence-corrected chi connectivity index (χ1v) is 9.69. The highest BCUT2D eigenvalue weighted by Crippen LogP contribution is 2.51. The number of ether oxygens (including phenoxy) is 3. The van der Waals surface area contributed by atoms with Crippen LogP contribution in [0.4, 0.5) is 13.2 Å². The van der Waals surface area contributed by atoms with E-state index in [1.54, 1.807) is 0 Å². The highest BCUT2D eigenvalue weighted by molar-refractivity contribution is 7.92. The van der Waals surface area contributed by atoms with Gasteiger partial charge >= 0.3 is 5.51 Å². The van der Waals surface area contributed by atoms with Crippen LogP contribution in [0, 0.1) is 11.3 Å². The average Bonchev–Trinajstić information content (AvgIpc) is 3.30. The summed E-state index contributed by atoms with van der Waals surface area (Å²) in [5, 5.41) is 9.18. The van der Waals surface area contributed by atoms with Crippen molar-refractivity contribution in [3.63, 3.8) is 0 Å². The van der Waals surface area contributed by atoms with Gasteiger partial charge in [0, 0.05) is 18.2 Å². The van der Waals surface area contributed by atoms with E-state index in [4.69, 9.17) is 14.2 Å². The lowest BCUT2D eigenvalue weighted by atomic mass is 10.1. The van der Waals surface area contributed by atoms with Gasteiger partial charge in [-0.15, -0.1) is 0 Å². The zero-order chi connectivity index (χ0) is 20.9. The number of hydrogen-bond donors (Lipinski definition) is 0. The van der Waals surface area contributed by atoms with Gasteiger partial charge in [-0.05, 0) is 30.7 Å². The van der Waals surface area contributed by atoms with E-state index in [2.05, 4.69) is 4.98 Å². The van der Waals surface area contributed by atoms with Crippen LogP contribution < -0.4 is 4.74 Å². The maximum absolute atomic E-state index is 13.2. The Kier molecular flexibility index (Phi) is 4.20.